The predicted octanol–water partition coefficient (Wildman–Crippen LogP) is 3.93. The molecule has 1 saturated heterocycles. The van der Waals surface area contributed by atoms with Crippen molar-refractivity contribution in [3.05, 3.63) is 36.0 Å². The number of esters is 1. The van der Waals surface area contributed by atoms with E-state index in [4.69, 9.17) is 9.47 Å². The molecule has 0 aliphatic carbocycles. The summed E-state index contributed by atoms with van der Waals surface area (Å²) in [6.45, 7) is 6.97. The Bertz CT molecular complexity index is 826. The maximum absolute atomic E-state index is 12.3. The Balaban J connectivity index is 1.75. The highest BCUT2D eigenvalue weighted by atomic mass is 16.6. The van der Waals surface area contributed by atoms with Gasteiger partial charge in [-0.05, 0) is 45.2 Å². The topological polar surface area (TPSA) is 60.8 Å². The second-order valence-electron chi connectivity index (χ2n) is 8.03. The number of likely N-dealkylation sites (tertiary alicyclic amines) is 1. The lowest BCUT2D eigenvalue weighted by Crippen LogP contribution is -2.42. The number of fused-ring (bicyclic) bond motifs is 1. The van der Waals surface area contributed by atoms with Crippen molar-refractivity contribution in [1.29, 1.82) is 0 Å². The maximum atomic E-state index is 12.3. The van der Waals surface area contributed by atoms with Crippen LogP contribution in [0.15, 0.2) is 30.5 Å². The fraction of sp³-hybridized carbons (Fsp3) is 0.524. The van der Waals surface area contributed by atoms with Gasteiger partial charge in [0.25, 0.3) is 0 Å². The second-order valence-corrected chi connectivity index (χ2v) is 8.03. The lowest BCUT2D eigenvalue weighted by Gasteiger charge is -2.34. The van der Waals surface area contributed by atoms with E-state index in [0.29, 0.717) is 19.1 Å². The largest absolute Gasteiger partial charge is 0.469 e. The highest BCUT2D eigenvalue weighted by Crippen LogP contribution is 2.31. The van der Waals surface area contributed by atoms with Gasteiger partial charge in [0.05, 0.1) is 13.5 Å². The number of para-hydroxylation sites is 1. The average molecular weight is 372 g/mol. The molecule has 0 N–H and O–H groups in total. The van der Waals surface area contributed by atoms with Gasteiger partial charge in [-0.2, -0.15) is 0 Å². The summed E-state index contributed by atoms with van der Waals surface area (Å²) in [4.78, 5) is 25.8. The van der Waals surface area contributed by atoms with Crippen LogP contribution >= 0.6 is 0 Å². The van der Waals surface area contributed by atoms with Gasteiger partial charge in [0, 0.05) is 36.2 Å². The number of carbonyl (C=O) groups excluding carboxylic acids is 2. The van der Waals surface area contributed by atoms with Crippen molar-refractivity contribution in [1.82, 2.24) is 9.47 Å². The zero-order valence-corrected chi connectivity index (χ0v) is 16.5. The molecule has 6 nitrogen and oxygen atoms in total. The number of hydrogen-bond acceptors (Lipinski definition) is 4. The smallest absolute Gasteiger partial charge is 0.410 e. The molecule has 0 spiro atoms. The zero-order chi connectivity index (χ0) is 19.6. The first kappa shape index (κ1) is 19.3. The van der Waals surface area contributed by atoms with Crippen molar-refractivity contribution >= 4 is 23.0 Å². The molecular formula is C21H28N2O4. The maximum Gasteiger partial charge on any atom is 0.410 e. The Kier molecular flexibility index (Phi) is 5.44. The minimum Gasteiger partial charge on any atom is -0.469 e. The third-order valence-corrected chi connectivity index (χ3v) is 4.90. The van der Waals surface area contributed by atoms with Crippen LogP contribution in [0, 0.1) is 0 Å². The summed E-state index contributed by atoms with van der Waals surface area (Å²) in [5, 5.41) is 1.08. The molecule has 0 unspecified atom stereocenters. The van der Waals surface area contributed by atoms with Crippen molar-refractivity contribution in [2.75, 3.05) is 20.2 Å². The number of rotatable bonds is 3. The van der Waals surface area contributed by atoms with Crippen molar-refractivity contribution in [2.24, 2.45) is 0 Å². The molecule has 1 fully saturated rings. The molecule has 2 aromatic rings. The van der Waals surface area contributed by atoms with Gasteiger partial charge in [-0.15, -0.1) is 0 Å². The third kappa shape index (κ3) is 4.43. The second kappa shape index (κ2) is 7.62. The van der Waals surface area contributed by atoms with Crippen molar-refractivity contribution in [2.45, 2.75) is 51.7 Å². The van der Waals surface area contributed by atoms with E-state index in [1.807, 2.05) is 39.0 Å². The van der Waals surface area contributed by atoms with E-state index in [-0.39, 0.29) is 18.5 Å². The van der Waals surface area contributed by atoms with E-state index in [2.05, 4.69) is 16.8 Å². The fourth-order valence-electron chi connectivity index (χ4n) is 3.60. The van der Waals surface area contributed by atoms with Crippen LogP contribution in [0.1, 0.15) is 45.2 Å². The van der Waals surface area contributed by atoms with E-state index in [9.17, 15) is 9.59 Å². The SMILES string of the molecule is COC(=O)Cc1cn(C2CCN(C(=O)OC(C)(C)C)CC2)c2ccccc12. The number of nitrogens with zero attached hydrogens (tertiary/aromatic N) is 2. The molecule has 0 saturated carbocycles. The highest BCUT2D eigenvalue weighted by Gasteiger charge is 2.28. The van der Waals surface area contributed by atoms with E-state index in [1.165, 1.54) is 7.11 Å². The Hall–Kier alpha value is -2.50. The summed E-state index contributed by atoms with van der Waals surface area (Å²) in [6.07, 6.45) is 3.80. The molecule has 27 heavy (non-hydrogen) atoms. The molecule has 0 radical (unpaired) electrons. The molecule has 1 aromatic heterocycles. The zero-order valence-electron chi connectivity index (χ0n) is 16.5. The molecular weight excluding hydrogens is 344 g/mol. The molecule has 1 amide bonds. The number of aromatic nitrogens is 1. The first-order valence-electron chi connectivity index (χ1n) is 9.41. The van der Waals surface area contributed by atoms with Crippen LogP contribution in [-0.4, -0.2) is 47.3 Å². The molecule has 1 aromatic carbocycles. The number of amides is 1. The molecule has 3 rings (SSSR count). The van der Waals surface area contributed by atoms with E-state index < -0.39 is 5.60 Å². The Labute approximate surface area is 160 Å². The molecule has 2 heterocycles. The monoisotopic (exact) mass is 372 g/mol. The van der Waals surface area contributed by atoms with Crippen LogP contribution in [0.2, 0.25) is 0 Å². The van der Waals surface area contributed by atoms with Gasteiger partial charge in [0.2, 0.25) is 0 Å². The number of benzene rings is 1. The number of ether oxygens (including phenoxy) is 2. The Morgan fingerprint density at radius 3 is 2.44 bits per heavy atom. The summed E-state index contributed by atoms with van der Waals surface area (Å²) < 4.78 is 12.6. The van der Waals surface area contributed by atoms with E-state index >= 15 is 0 Å². The summed E-state index contributed by atoms with van der Waals surface area (Å²) in [5.41, 5.74) is 1.62. The Morgan fingerprint density at radius 2 is 1.81 bits per heavy atom. The van der Waals surface area contributed by atoms with Crippen LogP contribution < -0.4 is 0 Å². The molecule has 6 heteroatoms. The molecule has 0 bridgehead atoms. The van der Waals surface area contributed by atoms with Crippen molar-refractivity contribution in [3.8, 4) is 0 Å². The minimum absolute atomic E-state index is 0.238. The number of methoxy groups -OCH3 is 1. The van der Waals surface area contributed by atoms with Crippen LogP contribution in [0.4, 0.5) is 4.79 Å². The van der Waals surface area contributed by atoms with Crippen LogP contribution in [0.25, 0.3) is 10.9 Å². The van der Waals surface area contributed by atoms with Gasteiger partial charge in [0.1, 0.15) is 5.60 Å². The summed E-state index contributed by atoms with van der Waals surface area (Å²) in [5.74, 6) is -0.238. The summed E-state index contributed by atoms with van der Waals surface area (Å²) in [7, 11) is 1.41. The fourth-order valence-corrected chi connectivity index (χ4v) is 3.60. The van der Waals surface area contributed by atoms with Crippen molar-refractivity contribution in [3.63, 3.8) is 0 Å². The average Bonchev–Trinajstić information content (AvgIpc) is 2.99. The molecule has 146 valence electrons. The van der Waals surface area contributed by atoms with Crippen LogP contribution in [0.3, 0.4) is 0 Å². The van der Waals surface area contributed by atoms with Gasteiger partial charge in [0.15, 0.2) is 0 Å². The molecule has 1 aliphatic rings. The standard InChI is InChI=1S/C21H28N2O4/c1-21(2,3)27-20(25)22-11-9-16(10-12-22)23-14-15(13-19(24)26-4)17-7-5-6-8-18(17)23/h5-8,14,16H,9-13H2,1-4H3. The summed E-state index contributed by atoms with van der Waals surface area (Å²) >= 11 is 0. The van der Waals surface area contributed by atoms with E-state index in [0.717, 1.165) is 29.3 Å². The number of piperidine rings is 1. The first-order chi connectivity index (χ1) is 12.8. The van der Waals surface area contributed by atoms with E-state index in [1.54, 1.807) is 4.90 Å². The normalized spacial score (nSPS) is 15.8. The van der Waals surface area contributed by atoms with Crippen LogP contribution in [0.5, 0.6) is 0 Å². The van der Waals surface area contributed by atoms with Gasteiger partial charge < -0.3 is 18.9 Å². The predicted molar refractivity (Wildman–Crippen MR) is 104 cm³/mol. The first-order valence-corrected chi connectivity index (χ1v) is 9.41. The van der Waals surface area contributed by atoms with Crippen LogP contribution in [-0.2, 0) is 20.7 Å². The quantitative estimate of drug-likeness (QED) is 0.766. The minimum atomic E-state index is -0.479. The van der Waals surface area contributed by atoms with Gasteiger partial charge in [-0.1, -0.05) is 18.2 Å². The van der Waals surface area contributed by atoms with Gasteiger partial charge in [-0.25, -0.2) is 4.79 Å². The Morgan fingerprint density at radius 1 is 1.15 bits per heavy atom. The molecule has 1 aliphatic heterocycles. The van der Waals surface area contributed by atoms with Crippen molar-refractivity contribution < 1.29 is 19.1 Å². The summed E-state index contributed by atoms with van der Waals surface area (Å²) in [6, 6.07) is 8.41. The lowest BCUT2D eigenvalue weighted by molar-refractivity contribution is -0.139. The van der Waals surface area contributed by atoms with Gasteiger partial charge >= 0.3 is 12.1 Å². The van der Waals surface area contributed by atoms with Gasteiger partial charge in [-0.3, -0.25) is 4.79 Å². The third-order valence-electron chi connectivity index (χ3n) is 4.90. The number of carbonyl (C=O) groups is 2. The lowest BCUT2D eigenvalue weighted by atomic mass is 10.0. The highest BCUT2D eigenvalue weighted by molar-refractivity contribution is 5.88. The number of hydrogen-bond donors (Lipinski definition) is 0. The molecule has 0 atom stereocenters.